The molecule has 9 nitrogen and oxygen atoms in total. The molecule has 1 fully saturated rings. The maximum atomic E-state index is 13.1. The summed E-state index contributed by atoms with van der Waals surface area (Å²) in [6.45, 7) is 3.97. The van der Waals surface area contributed by atoms with Crippen molar-refractivity contribution in [3.05, 3.63) is 95.8 Å². The van der Waals surface area contributed by atoms with E-state index in [9.17, 15) is 22.8 Å². The van der Waals surface area contributed by atoms with E-state index in [1.165, 1.54) is 50.6 Å². The lowest BCUT2D eigenvalue weighted by Crippen LogP contribution is -2.32. The number of hydrogen-bond donors (Lipinski definition) is 1. The summed E-state index contributed by atoms with van der Waals surface area (Å²) in [5.41, 5.74) is 1.57. The van der Waals surface area contributed by atoms with Crippen LogP contribution < -0.4 is 10.2 Å². The molecule has 0 aliphatic carbocycles. The van der Waals surface area contributed by atoms with E-state index in [0.717, 1.165) is 48.8 Å². The number of carbonyl (C=O) groups is 2. The Morgan fingerprint density at radius 1 is 1.00 bits per heavy atom. The van der Waals surface area contributed by atoms with E-state index in [1.807, 2.05) is 10.9 Å². The Labute approximate surface area is 253 Å². The number of nitrogens with zero attached hydrogens (tertiary/aromatic N) is 6. The highest BCUT2D eigenvalue weighted by Crippen LogP contribution is 2.31. The van der Waals surface area contributed by atoms with Gasteiger partial charge in [-0.2, -0.15) is 13.2 Å². The average Bonchev–Trinajstić information content (AvgIpc) is 3.52. The zero-order chi connectivity index (χ0) is 31.1. The summed E-state index contributed by atoms with van der Waals surface area (Å²) in [6, 6.07) is 14.5. The van der Waals surface area contributed by atoms with Crippen LogP contribution in [-0.4, -0.2) is 63.4 Å². The van der Waals surface area contributed by atoms with Crippen LogP contribution in [0.25, 0.3) is 17.3 Å². The van der Waals surface area contributed by atoms with Gasteiger partial charge in [-0.15, -0.1) is 5.10 Å². The van der Waals surface area contributed by atoms with Gasteiger partial charge in [0.25, 0.3) is 5.91 Å². The number of piperidine rings is 1. The number of alkyl halides is 3. The number of benzene rings is 2. The molecular weight excluding hydrogens is 571 g/mol. The van der Waals surface area contributed by atoms with Crippen LogP contribution >= 0.6 is 0 Å². The first-order chi connectivity index (χ1) is 21.2. The van der Waals surface area contributed by atoms with Gasteiger partial charge in [-0.05, 0) is 80.0 Å². The first-order valence-corrected chi connectivity index (χ1v) is 14.3. The van der Waals surface area contributed by atoms with Crippen molar-refractivity contribution in [2.45, 2.75) is 32.0 Å². The van der Waals surface area contributed by atoms with Crippen LogP contribution in [0, 0.1) is 0 Å². The number of hydrogen-bond acceptors (Lipinski definition) is 6. The Balaban J connectivity index is 1.16. The van der Waals surface area contributed by atoms with Crippen LogP contribution in [0.5, 0.6) is 0 Å². The molecule has 5 rings (SSSR count). The summed E-state index contributed by atoms with van der Waals surface area (Å²) in [4.78, 5) is 33.4. The topological polar surface area (TPSA) is 96.2 Å². The summed E-state index contributed by atoms with van der Waals surface area (Å²) in [5.74, 6) is -0.561. The van der Waals surface area contributed by atoms with E-state index in [-0.39, 0.29) is 11.3 Å². The van der Waals surface area contributed by atoms with Gasteiger partial charge in [-0.25, -0.2) is 4.98 Å². The second-order valence-electron chi connectivity index (χ2n) is 10.6. The molecule has 0 spiro atoms. The molecule has 2 amide bonds. The number of anilines is 2. The van der Waals surface area contributed by atoms with Crippen molar-refractivity contribution in [1.82, 2.24) is 24.9 Å². The number of nitrogens with one attached hydrogen (secondary N) is 1. The number of rotatable bonds is 9. The molecule has 1 saturated heterocycles. The van der Waals surface area contributed by atoms with Crippen molar-refractivity contribution in [3.63, 3.8) is 0 Å². The lowest BCUT2D eigenvalue weighted by Gasteiger charge is -2.25. The molecular formula is C32H32F3N7O2. The van der Waals surface area contributed by atoms with Crippen molar-refractivity contribution < 1.29 is 22.8 Å². The summed E-state index contributed by atoms with van der Waals surface area (Å²) >= 11 is 0. The fourth-order valence-corrected chi connectivity index (χ4v) is 4.90. The van der Waals surface area contributed by atoms with Crippen LogP contribution in [0.3, 0.4) is 0 Å². The smallest absolute Gasteiger partial charge is 0.311 e. The minimum Gasteiger partial charge on any atom is -0.311 e. The average molecular weight is 604 g/mol. The predicted molar refractivity (Wildman–Crippen MR) is 162 cm³/mol. The third-order valence-electron chi connectivity index (χ3n) is 7.37. The van der Waals surface area contributed by atoms with Gasteiger partial charge in [-0.1, -0.05) is 29.8 Å². The lowest BCUT2D eigenvalue weighted by atomic mass is 10.1. The molecule has 0 radical (unpaired) electrons. The van der Waals surface area contributed by atoms with E-state index in [0.29, 0.717) is 17.1 Å². The van der Waals surface area contributed by atoms with Gasteiger partial charge < -0.3 is 15.1 Å². The monoisotopic (exact) mass is 603 g/mol. The van der Waals surface area contributed by atoms with Crippen molar-refractivity contribution in [1.29, 1.82) is 0 Å². The molecule has 2 aromatic carbocycles. The van der Waals surface area contributed by atoms with Gasteiger partial charge in [0, 0.05) is 42.7 Å². The Morgan fingerprint density at radius 3 is 2.55 bits per heavy atom. The normalized spacial score (nSPS) is 14.1. The number of aromatic nitrogens is 4. The number of halogens is 3. The van der Waals surface area contributed by atoms with Crippen LogP contribution in [0.4, 0.5) is 24.7 Å². The molecule has 0 unspecified atom stereocenters. The standard InChI is InChI=1S/C32H32F3N7O2/c1-40(27-10-6-9-26(20-27)32(33,34)35)31(44)24-8-5-7-23(19-24)11-14-30(43)37-29-13-12-25(21-36-29)28-22-42(39-38-28)18-17-41-15-3-2-4-16-41/h5-14,19-22H,2-4,15-18H2,1H3,(H,36,37,43). The van der Waals surface area contributed by atoms with Gasteiger partial charge in [-0.3, -0.25) is 14.3 Å². The largest absolute Gasteiger partial charge is 0.416 e. The molecule has 1 aliphatic rings. The maximum Gasteiger partial charge on any atom is 0.416 e. The molecule has 1 N–H and O–H groups in total. The van der Waals surface area contributed by atoms with Crippen LogP contribution in [-0.2, 0) is 17.5 Å². The van der Waals surface area contributed by atoms with Gasteiger partial charge in [0.1, 0.15) is 11.5 Å². The highest BCUT2D eigenvalue weighted by atomic mass is 19.4. The fraction of sp³-hybridized carbons (Fsp3) is 0.281. The molecule has 3 heterocycles. The second-order valence-corrected chi connectivity index (χ2v) is 10.6. The number of pyridine rings is 1. The Kier molecular flexibility index (Phi) is 9.49. The van der Waals surface area contributed by atoms with Gasteiger partial charge >= 0.3 is 6.18 Å². The number of likely N-dealkylation sites (tertiary alicyclic amines) is 1. The lowest BCUT2D eigenvalue weighted by molar-refractivity contribution is -0.137. The third-order valence-corrected chi connectivity index (χ3v) is 7.37. The van der Waals surface area contributed by atoms with Gasteiger partial charge in [0.2, 0.25) is 5.91 Å². The summed E-state index contributed by atoms with van der Waals surface area (Å²) < 4.78 is 41.1. The first kappa shape index (κ1) is 30.6. The predicted octanol–water partition coefficient (Wildman–Crippen LogP) is 5.77. The zero-order valence-corrected chi connectivity index (χ0v) is 24.2. The van der Waals surface area contributed by atoms with Crippen LogP contribution in [0.15, 0.2) is 79.1 Å². The van der Waals surface area contributed by atoms with Gasteiger partial charge in [0.05, 0.1) is 18.3 Å². The molecule has 0 atom stereocenters. The zero-order valence-electron chi connectivity index (χ0n) is 24.2. The van der Waals surface area contributed by atoms with E-state index < -0.39 is 23.6 Å². The minimum atomic E-state index is -4.52. The van der Waals surface area contributed by atoms with Crippen molar-refractivity contribution >= 4 is 29.4 Å². The van der Waals surface area contributed by atoms with Gasteiger partial charge in [0.15, 0.2) is 0 Å². The molecule has 228 valence electrons. The minimum absolute atomic E-state index is 0.112. The molecule has 0 saturated carbocycles. The van der Waals surface area contributed by atoms with Crippen LogP contribution in [0.1, 0.15) is 40.7 Å². The number of amides is 2. The third kappa shape index (κ3) is 7.95. The SMILES string of the molecule is CN(C(=O)c1cccc(C=CC(=O)Nc2ccc(-c3cn(CCN4CCCCC4)nn3)cn2)c1)c1cccc(C(F)(F)F)c1. The Hall–Kier alpha value is -4.84. The Bertz CT molecular complexity index is 1630. The molecule has 12 heteroatoms. The van der Waals surface area contributed by atoms with Crippen molar-refractivity contribution in [3.8, 4) is 11.3 Å². The first-order valence-electron chi connectivity index (χ1n) is 14.3. The highest BCUT2D eigenvalue weighted by molar-refractivity contribution is 6.06. The number of carbonyl (C=O) groups excluding carboxylic acids is 2. The van der Waals surface area contributed by atoms with Crippen LogP contribution in [0.2, 0.25) is 0 Å². The fourth-order valence-electron chi connectivity index (χ4n) is 4.90. The molecule has 4 aromatic rings. The quantitative estimate of drug-likeness (QED) is 0.244. The molecule has 1 aliphatic heterocycles. The maximum absolute atomic E-state index is 13.1. The van der Waals surface area contributed by atoms with Crippen molar-refractivity contribution in [2.24, 2.45) is 0 Å². The second kappa shape index (κ2) is 13.6. The molecule has 0 bridgehead atoms. The van der Waals surface area contributed by atoms with E-state index in [2.05, 4.69) is 25.5 Å². The van der Waals surface area contributed by atoms with E-state index in [4.69, 9.17) is 0 Å². The Morgan fingerprint density at radius 2 is 1.80 bits per heavy atom. The van der Waals surface area contributed by atoms with Crippen molar-refractivity contribution in [2.75, 3.05) is 36.9 Å². The highest BCUT2D eigenvalue weighted by Gasteiger charge is 2.31. The molecule has 2 aromatic heterocycles. The summed E-state index contributed by atoms with van der Waals surface area (Å²) in [5, 5.41) is 11.2. The summed E-state index contributed by atoms with van der Waals surface area (Å²) in [7, 11) is 1.41. The molecule has 44 heavy (non-hydrogen) atoms. The van der Waals surface area contributed by atoms with E-state index in [1.54, 1.807) is 42.6 Å². The summed E-state index contributed by atoms with van der Waals surface area (Å²) in [6.07, 6.45) is 5.62. The van der Waals surface area contributed by atoms with E-state index >= 15 is 0 Å².